The zero-order valence-electron chi connectivity index (χ0n) is 15.7. The first-order valence-electron chi connectivity index (χ1n) is 9.19. The molecule has 5 heteroatoms. The van der Waals surface area contributed by atoms with E-state index >= 15 is 0 Å². The number of anilines is 1. The molecule has 1 aromatic carbocycles. The van der Waals surface area contributed by atoms with Gasteiger partial charge in [-0.15, -0.1) is 6.58 Å². The highest BCUT2D eigenvalue weighted by molar-refractivity contribution is 5.93. The quantitative estimate of drug-likeness (QED) is 0.542. The van der Waals surface area contributed by atoms with E-state index in [4.69, 9.17) is 0 Å². The van der Waals surface area contributed by atoms with E-state index in [1.807, 2.05) is 19.9 Å². The first kappa shape index (κ1) is 16.8. The zero-order chi connectivity index (χ0) is 18.5. The number of nitrogens with zero attached hydrogens (tertiary/aromatic N) is 2. The minimum atomic E-state index is -0.554. The molecule has 0 amide bonds. The highest BCUT2D eigenvalue weighted by Crippen LogP contribution is 2.38. The lowest BCUT2D eigenvalue weighted by Gasteiger charge is -2.27. The van der Waals surface area contributed by atoms with Crippen LogP contribution in [0.5, 0.6) is 0 Å². The summed E-state index contributed by atoms with van der Waals surface area (Å²) in [5.74, 6) is 1.13. The summed E-state index contributed by atoms with van der Waals surface area (Å²) >= 11 is 0. The van der Waals surface area contributed by atoms with Crippen LogP contribution in [0.2, 0.25) is 0 Å². The van der Waals surface area contributed by atoms with E-state index in [1.54, 1.807) is 0 Å². The third-order valence-electron chi connectivity index (χ3n) is 5.53. The molecule has 3 aromatic rings. The number of H-pyrrole nitrogens is 2. The summed E-state index contributed by atoms with van der Waals surface area (Å²) in [6, 6.07) is 4.39. The SMILES string of the molecule is C=CCN(C)c1cc2c3c([nH]c2cc1C(C)(C)C=O)-n1[nH]cc1CCC3. The van der Waals surface area contributed by atoms with Gasteiger partial charge in [0.05, 0.1) is 5.69 Å². The Bertz CT molecular complexity index is 985. The summed E-state index contributed by atoms with van der Waals surface area (Å²) in [5.41, 5.74) is 5.33. The van der Waals surface area contributed by atoms with Crippen molar-refractivity contribution in [1.29, 1.82) is 0 Å². The molecule has 0 saturated carbocycles. The van der Waals surface area contributed by atoms with Crippen molar-refractivity contribution >= 4 is 22.9 Å². The van der Waals surface area contributed by atoms with Gasteiger partial charge in [0, 0.05) is 47.4 Å². The molecule has 5 nitrogen and oxygen atoms in total. The molecule has 3 heterocycles. The van der Waals surface area contributed by atoms with E-state index in [2.05, 4.69) is 51.6 Å². The van der Waals surface area contributed by atoms with Crippen LogP contribution in [0.4, 0.5) is 5.69 Å². The number of benzene rings is 1. The third-order valence-corrected chi connectivity index (χ3v) is 5.53. The van der Waals surface area contributed by atoms with Crippen LogP contribution in [0.15, 0.2) is 31.0 Å². The lowest BCUT2D eigenvalue weighted by atomic mass is 9.84. The molecule has 2 N–H and O–H groups in total. The Kier molecular flexibility index (Phi) is 3.83. The number of hydrogen-bond acceptors (Lipinski definition) is 2. The van der Waals surface area contributed by atoms with Gasteiger partial charge in [0.15, 0.2) is 0 Å². The Balaban J connectivity index is 1.97. The summed E-state index contributed by atoms with van der Waals surface area (Å²) in [6.45, 7) is 8.54. The Labute approximate surface area is 153 Å². The van der Waals surface area contributed by atoms with Gasteiger partial charge in [0.25, 0.3) is 0 Å². The van der Waals surface area contributed by atoms with Crippen LogP contribution < -0.4 is 4.90 Å². The number of aromatic amines is 2. The van der Waals surface area contributed by atoms with E-state index in [0.29, 0.717) is 0 Å². The summed E-state index contributed by atoms with van der Waals surface area (Å²) in [4.78, 5) is 17.5. The number of rotatable bonds is 5. The lowest BCUT2D eigenvalue weighted by molar-refractivity contribution is -0.111. The van der Waals surface area contributed by atoms with Crippen molar-refractivity contribution in [2.24, 2.45) is 0 Å². The van der Waals surface area contributed by atoms with Crippen molar-refractivity contribution in [3.8, 4) is 5.82 Å². The fourth-order valence-electron chi connectivity index (χ4n) is 3.96. The molecule has 0 bridgehead atoms. The molecular formula is C21H26N4O. The second-order valence-corrected chi connectivity index (χ2v) is 7.83. The molecule has 26 heavy (non-hydrogen) atoms. The fraction of sp³-hybridized carbons (Fsp3) is 0.381. The van der Waals surface area contributed by atoms with Crippen LogP contribution in [0, 0.1) is 0 Å². The maximum atomic E-state index is 11.8. The van der Waals surface area contributed by atoms with Crippen LogP contribution >= 0.6 is 0 Å². The third kappa shape index (κ3) is 2.42. The topological polar surface area (TPSA) is 56.8 Å². The van der Waals surface area contributed by atoms with E-state index in [9.17, 15) is 4.79 Å². The van der Waals surface area contributed by atoms with Gasteiger partial charge < -0.3 is 14.7 Å². The monoisotopic (exact) mass is 350 g/mol. The van der Waals surface area contributed by atoms with Gasteiger partial charge in [0.1, 0.15) is 12.1 Å². The fourth-order valence-corrected chi connectivity index (χ4v) is 3.96. The Morgan fingerprint density at radius 3 is 2.81 bits per heavy atom. The van der Waals surface area contributed by atoms with E-state index in [1.165, 1.54) is 16.6 Å². The highest BCUT2D eigenvalue weighted by Gasteiger charge is 2.27. The van der Waals surface area contributed by atoms with Gasteiger partial charge in [-0.05, 0) is 50.8 Å². The molecule has 136 valence electrons. The predicted molar refractivity (Wildman–Crippen MR) is 107 cm³/mol. The van der Waals surface area contributed by atoms with Crippen molar-refractivity contribution in [3.05, 3.63) is 47.8 Å². The number of fused-ring (bicyclic) bond motifs is 5. The molecule has 0 atom stereocenters. The van der Waals surface area contributed by atoms with Crippen molar-refractivity contribution in [2.45, 2.75) is 38.5 Å². The molecule has 0 saturated heterocycles. The van der Waals surface area contributed by atoms with Gasteiger partial charge in [-0.25, -0.2) is 4.68 Å². The lowest BCUT2D eigenvalue weighted by Crippen LogP contribution is -2.25. The normalized spacial score (nSPS) is 14.0. The van der Waals surface area contributed by atoms with Gasteiger partial charge in [-0.1, -0.05) is 6.08 Å². The number of hydrogen-bond donors (Lipinski definition) is 2. The molecule has 0 fully saturated rings. The van der Waals surface area contributed by atoms with Crippen molar-refractivity contribution in [2.75, 3.05) is 18.5 Å². The van der Waals surface area contributed by atoms with Crippen LogP contribution in [0.25, 0.3) is 16.7 Å². The second kappa shape index (κ2) is 5.94. The van der Waals surface area contributed by atoms with Gasteiger partial charge in [-0.2, -0.15) is 0 Å². The maximum absolute atomic E-state index is 11.8. The first-order valence-corrected chi connectivity index (χ1v) is 9.19. The summed E-state index contributed by atoms with van der Waals surface area (Å²) in [5, 5.41) is 4.52. The molecule has 0 aliphatic carbocycles. The summed E-state index contributed by atoms with van der Waals surface area (Å²) < 4.78 is 2.15. The zero-order valence-corrected chi connectivity index (χ0v) is 15.7. The maximum Gasteiger partial charge on any atom is 0.133 e. The van der Waals surface area contributed by atoms with Crippen molar-refractivity contribution in [3.63, 3.8) is 0 Å². The molecule has 0 unspecified atom stereocenters. The number of aromatic nitrogens is 3. The molecule has 1 aliphatic heterocycles. The number of aldehydes is 1. The van der Waals surface area contributed by atoms with Crippen LogP contribution in [0.1, 0.15) is 37.1 Å². The second-order valence-electron chi connectivity index (χ2n) is 7.83. The Morgan fingerprint density at radius 1 is 1.35 bits per heavy atom. The number of likely N-dealkylation sites (N-methyl/N-ethyl adjacent to an activating group) is 1. The van der Waals surface area contributed by atoms with Crippen LogP contribution in [-0.2, 0) is 23.1 Å². The van der Waals surface area contributed by atoms with E-state index < -0.39 is 5.41 Å². The Hall–Kier alpha value is -2.69. The molecule has 0 radical (unpaired) electrons. The average Bonchev–Trinajstić information content (AvgIpc) is 2.87. The number of nitrogens with one attached hydrogen (secondary N) is 2. The number of aryl methyl sites for hydroxylation is 2. The minimum absolute atomic E-state index is 0.554. The molecule has 2 aromatic heterocycles. The number of carbonyl (C=O) groups is 1. The minimum Gasteiger partial charge on any atom is -0.371 e. The standard InChI is InChI=1S/C21H26N4O/c1-5-9-24(4)19-10-16-15-8-6-7-14-12-22-25(14)20(15)23-18(16)11-17(19)21(2,3)13-26/h5,10-13,22-23H,1,6-9H2,2-4H3. The van der Waals surface area contributed by atoms with Crippen LogP contribution in [0.3, 0.4) is 0 Å². The molecule has 4 rings (SSSR count). The first-order chi connectivity index (χ1) is 12.5. The van der Waals surface area contributed by atoms with Crippen LogP contribution in [-0.4, -0.2) is 34.6 Å². The highest BCUT2D eigenvalue weighted by atomic mass is 16.1. The van der Waals surface area contributed by atoms with E-state index in [0.717, 1.165) is 54.7 Å². The van der Waals surface area contributed by atoms with E-state index in [-0.39, 0.29) is 0 Å². The molecule has 0 spiro atoms. The van der Waals surface area contributed by atoms with Crippen molar-refractivity contribution in [1.82, 2.24) is 14.8 Å². The van der Waals surface area contributed by atoms with Gasteiger partial charge in [0.2, 0.25) is 0 Å². The Morgan fingerprint density at radius 2 is 2.15 bits per heavy atom. The largest absolute Gasteiger partial charge is 0.371 e. The van der Waals surface area contributed by atoms with Crippen molar-refractivity contribution < 1.29 is 4.79 Å². The molecule has 1 aliphatic rings. The average molecular weight is 350 g/mol. The molecular weight excluding hydrogens is 324 g/mol. The summed E-state index contributed by atoms with van der Waals surface area (Å²) in [7, 11) is 2.05. The van der Waals surface area contributed by atoms with Gasteiger partial charge in [-0.3, -0.25) is 5.10 Å². The smallest absolute Gasteiger partial charge is 0.133 e. The predicted octanol–water partition coefficient (Wildman–Crippen LogP) is 3.87. The summed E-state index contributed by atoms with van der Waals surface area (Å²) in [6.07, 6.45) is 8.28. The van der Waals surface area contributed by atoms with Gasteiger partial charge >= 0.3 is 0 Å². The number of carbonyl (C=O) groups excluding carboxylic acids is 1.